The summed E-state index contributed by atoms with van der Waals surface area (Å²) in [5.41, 5.74) is 5.88. The van der Waals surface area contributed by atoms with Crippen LogP contribution < -0.4 is 16.0 Å². The Bertz CT molecular complexity index is 551. The number of piperazine rings is 1. The third kappa shape index (κ3) is 4.09. The van der Waals surface area contributed by atoms with E-state index in [1.54, 1.807) is 6.92 Å². The number of likely N-dealkylation sites (N-methyl/N-ethyl adjacent to an activating group) is 1. The lowest BCUT2D eigenvalue weighted by Crippen LogP contribution is -2.44. The Balaban J connectivity index is 1.97. The Labute approximate surface area is 129 Å². The minimum Gasteiger partial charge on any atom is -0.382 e. The highest BCUT2D eigenvalue weighted by molar-refractivity contribution is 7.18. The molecular formula is C14H21N5OS. The van der Waals surface area contributed by atoms with E-state index in [0.717, 1.165) is 31.3 Å². The number of nitrogens with zero attached hydrogens (tertiary/aromatic N) is 3. The van der Waals surface area contributed by atoms with Crippen LogP contribution in [0.4, 0.5) is 10.9 Å². The van der Waals surface area contributed by atoms with E-state index in [2.05, 4.69) is 39.0 Å². The number of nitrogen functional groups attached to an aromatic ring is 1. The van der Waals surface area contributed by atoms with Crippen LogP contribution >= 0.6 is 11.3 Å². The van der Waals surface area contributed by atoms with Gasteiger partial charge in [-0.05, 0) is 14.0 Å². The molecule has 0 spiro atoms. The Morgan fingerprint density at radius 2 is 2.14 bits per heavy atom. The Hall–Kier alpha value is -1.78. The van der Waals surface area contributed by atoms with Crippen molar-refractivity contribution in [3.05, 3.63) is 4.88 Å². The first-order chi connectivity index (χ1) is 10.1. The van der Waals surface area contributed by atoms with Crippen molar-refractivity contribution in [2.24, 2.45) is 0 Å². The lowest BCUT2D eigenvalue weighted by Gasteiger charge is -2.31. The Morgan fingerprint density at radius 3 is 2.81 bits per heavy atom. The lowest BCUT2D eigenvalue weighted by atomic mass is 10.3. The first-order valence-corrected chi connectivity index (χ1v) is 7.81. The summed E-state index contributed by atoms with van der Waals surface area (Å²) in [5.74, 6) is 5.86. The second-order valence-electron chi connectivity index (χ2n) is 4.93. The molecule has 1 aromatic heterocycles. The third-order valence-electron chi connectivity index (χ3n) is 3.33. The summed E-state index contributed by atoms with van der Waals surface area (Å²) in [6, 6.07) is 0. The highest BCUT2D eigenvalue weighted by Gasteiger charge is 2.21. The van der Waals surface area contributed by atoms with Gasteiger partial charge in [0.05, 0.1) is 0 Å². The molecule has 1 aliphatic rings. The SMILES string of the molecule is CC#CCCNC(=O)c1sc(N2CCN(C)CC2)nc1N. The molecule has 0 unspecified atom stereocenters. The van der Waals surface area contributed by atoms with Gasteiger partial charge in [0.2, 0.25) is 0 Å². The highest BCUT2D eigenvalue weighted by atomic mass is 32.1. The first kappa shape index (κ1) is 15.6. The average molecular weight is 307 g/mol. The van der Waals surface area contributed by atoms with E-state index in [1.807, 2.05) is 0 Å². The van der Waals surface area contributed by atoms with Crippen molar-refractivity contribution in [1.29, 1.82) is 0 Å². The molecule has 1 aliphatic heterocycles. The fraction of sp³-hybridized carbons (Fsp3) is 0.571. The van der Waals surface area contributed by atoms with Crippen LogP contribution in [0.5, 0.6) is 0 Å². The Morgan fingerprint density at radius 1 is 1.43 bits per heavy atom. The molecule has 1 fully saturated rings. The van der Waals surface area contributed by atoms with Gasteiger partial charge in [0.15, 0.2) is 5.13 Å². The number of nitrogens with two attached hydrogens (primary N) is 1. The van der Waals surface area contributed by atoms with Gasteiger partial charge in [-0.25, -0.2) is 4.98 Å². The summed E-state index contributed by atoms with van der Waals surface area (Å²) in [6.07, 6.45) is 0.645. The smallest absolute Gasteiger partial charge is 0.265 e. The second kappa shape index (κ2) is 7.29. The maximum Gasteiger partial charge on any atom is 0.265 e. The van der Waals surface area contributed by atoms with Crippen LogP contribution in [0.3, 0.4) is 0 Å². The second-order valence-corrected chi connectivity index (χ2v) is 5.91. The van der Waals surface area contributed by atoms with E-state index in [-0.39, 0.29) is 5.91 Å². The number of carbonyl (C=O) groups excluding carboxylic acids is 1. The summed E-state index contributed by atoms with van der Waals surface area (Å²) >= 11 is 1.36. The minimum atomic E-state index is -0.164. The number of thiazole rings is 1. The van der Waals surface area contributed by atoms with E-state index in [4.69, 9.17) is 5.73 Å². The van der Waals surface area contributed by atoms with Crippen LogP contribution in [0.2, 0.25) is 0 Å². The van der Waals surface area contributed by atoms with Crippen LogP contribution in [0, 0.1) is 11.8 Å². The van der Waals surface area contributed by atoms with Gasteiger partial charge in [0, 0.05) is 39.1 Å². The zero-order valence-electron chi connectivity index (χ0n) is 12.5. The van der Waals surface area contributed by atoms with Gasteiger partial charge >= 0.3 is 0 Å². The van der Waals surface area contributed by atoms with Crippen LogP contribution in [-0.2, 0) is 0 Å². The monoisotopic (exact) mass is 307 g/mol. The molecule has 3 N–H and O–H groups in total. The molecule has 1 amide bonds. The number of amides is 1. The van der Waals surface area contributed by atoms with E-state index < -0.39 is 0 Å². The van der Waals surface area contributed by atoms with E-state index in [1.165, 1.54) is 11.3 Å². The summed E-state index contributed by atoms with van der Waals surface area (Å²) in [7, 11) is 2.10. The van der Waals surface area contributed by atoms with E-state index >= 15 is 0 Å². The van der Waals surface area contributed by atoms with Crippen molar-refractivity contribution in [2.45, 2.75) is 13.3 Å². The summed E-state index contributed by atoms with van der Waals surface area (Å²) in [5, 5.41) is 3.65. The van der Waals surface area contributed by atoms with Crippen LogP contribution in [0.15, 0.2) is 0 Å². The predicted octanol–water partition coefficient (Wildman–Crippen LogP) is 0.620. The van der Waals surface area contributed by atoms with Gasteiger partial charge in [-0.15, -0.1) is 11.8 Å². The van der Waals surface area contributed by atoms with Crippen molar-refractivity contribution >= 4 is 28.2 Å². The minimum absolute atomic E-state index is 0.164. The van der Waals surface area contributed by atoms with Crippen molar-refractivity contribution in [2.75, 3.05) is 50.4 Å². The molecule has 0 aliphatic carbocycles. The van der Waals surface area contributed by atoms with Gasteiger partial charge in [-0.1, -0.05) is 11.3 Å². The largest absolute Gasteiger partial charge is 0.382 e. The fourth-order valence-corrected chi connectivity index (χ4v) is 3.01. The molecule has 114 valence electrons. The molecule has 7 heteroatoms. The topological polar surface area (TPSA) is 74.5 Å². The molecule has 1 aromatic rings. The molecule has 0 bridgehead atoms. The van der Waals surface area contributed by atoms with Crippen molar-refractivity contribution < 1.29 is 4.79 Å². The molecule has 0 aromatic carbocycles. The van der Waals surface area contributed by atoms with Crippen molar-refractivity contribution in [3.63, 3.8) is 0 Å². The van der Waals surface area contributed by atoms with Crippen LogP contribution in [0.25, 0.3) is 0 Å². The summed E-state index contributed by atoms with van der Waals surface area (Å²) < 4.78 is 0. The molecule has 1 saturated heterocycles. The standard InChI is InChI=1S/C14H21N5OS/c1-3-4-5-6-16-13(20)11-12(15)17-14(21-11)19-9-7-18(2)8-10-19/h5-10,15H2,1-2H3,(H,16,20). The molecular weight excluding hydrogens is 286 g/mol. The van der Waals surface area contributed by atoms with Crippen LogP contribution in [-0.4, -0.2) is 55.6 Å². The third-order valence-corrected chi connectivity index (χ3v) is 4.47. The molecule has 0 saturated carbocycles. The number of carbonyl (C=O) groups is 1. The number of rotatable bonds is 4. The molecule has 0 atom stereocenters. The fourth-order valence-electron chi connectivity index (χ4n) is 2.06. The van der Waals surface area contributed by atoms with Gasteiger partial charge in [0.25, 0.3) is 5.91 Å². The van der Waals surface area contributed by atoms with E-state index in [9.17, 15) is 4.79 Å². The number of hydrogen-bond acceptors (Lipinski definition) is 6. The number of hydrogen-bond donors (Lipinski definition) is 2. The molecule has 6 nitrogen and oxygen atoms in total. The Kier molecular flexibility index (Phi) is 5.42. The van der Waals surface area contributed by atoms with Gasteiger partial charge in [-0.3, -0.25) is 4.79 Å². The van der Waals surface area contributed by atoms with Gasteiger partial charge < -0.3 is 20.9 Å². The highest BCUT2D eigenvalue weighted by Crippen LogP contribution is 2.28. The number of anilines is 2. The van der Waals surface area contributed by atoms with Gasteiger partial charge in [0.1, 0.15) is 10.7 Å². The van der Waals surface area contributed by atoms with Crippen LogP contribution in [0.1, 0.15) is 23.0 Å². The zero-order valence-corrected chi connectivity index (χ0v) is 13.3. The summed E-state index contributed by atoms with van der Waals surface area (Å²) in [6.45, 7) is 6.13. The van der Waals surface area contributed by atoms with Gasteiger partial charge in [-0.2, -0.15) is 0 Å². The lowest BCUT2D eigenvalue weighted by molar-refractivity contribution is 0.0959. The molecule has 0 radical (unpaired) electrons. The van der Waals surface area contributed by atoms with Crippen molar-refractivity contribution in [1.82, 2.24) is 15.2 Å². The first-order valence-electron chi connectivity index (χ1n) is 6.99. The normalized spacial score (nSPS) is 15.4. The molecule has 2 rings (SSSR count). The maximum absolute atomic E-state index is 12.1. The molecule has 21 heavy (non-hydrogen) atoms. The summed E-state index contributed by atoms with van der Waals surface area (Å²) in [4.78, 5) is 21.4. The maximum atomic E-state index is 12.1. The number of nitrogens with one attached hydrogen (secondary N) is 1. The average Bonchev–Trinajstić information content (AvgIpc) is 2.86. The van der Waals surface area contributed by atoms with Crippen molar-refractivity contribution in [3.8, 4) is 11.8 Å². The number of aromatic nitrogens is 1. The molecule has 2 heterocycles. The zero-order chi connectivity index (χ0) is 15.2. The van der Waals surface area contributed by atoms with E-state index in [0.29, 0.717) is 23.7 Å². The quantitative estimate of drug-likeness (QED) is 0.630. The predicted molar refractivity (Wildman–Crippen MR) is 86.6 cm³/mol.